The topological polar surface area (TPSA) is 28.5 Å². The van der Waals surface area contributed by atoms with Gasteiger partial charge in [0.25, 0.3) is 5.56 Å². The van der Waals surface area contributed by atoms with E-state index < -0.39 is 5.82 Å². The maximum atomic E-state index is 13.9. The van der Waals surface area contributed by atoms with Crippen LogP contribution in [0, 0.1) is 5.82 Å². The van der Waals surface area contributed by atoms with Gasteiger partial charge in [-0.1, -0.05) is 40.9 Å². The van der Waals surface area contributed by atoms with Crippen molar-refractivity contribution in [3.05, 3.63) is 97.5 Å². The van der Waals surface area contributed by atoms with Crippen LogP contribution in [0.25, 0.3) is 27.7 Å². The first-order valence-corrected chi connectivity index (χ1v) is 14.1. The molecule has 2 aliphatic heterocycles. The van der Waals surface area contributed by atoms with Gasteiger partial charge in [0, 0.05) is 29.6 Å². The summed E-state index contributed by atoms with van der Waals surface area (Å²) >= 11 is 19.7. The number of fused-ring (bicyclic) bond motifs is 1. The molecule has 0 saturated carbocycles. The van der Waals surface area contributed by atoms with Crippen molar-refractivity contribution in [2.75, 3.05) is 26.2 Å². The minimum absolute atomic E-state index is 0.240. The summed E-state index contributed by atoms with van der Waals surface area (Å²) in [5, 5.41) is 1.88. The van der Waals surface area contributed by atoms with Crippen LogP contribution < -0.4 is 5.56 Å². The summed E-state index contributed by atoms with van der Waals surface area (Å²) < 4.78 is 15.5. The van der Waals surface area contributed by atoms with Crippen molar-refractivity contribution >= 4 is 45.7 Å². The van der Waals surface area contributed by atoms with Crippen LogP contribution in [-0.2, 0) is 6.54 Å². The van der Waals surface area contributed by atoms with Crippen molar-refractivity contribution in [2.45, 2.75) is 31.8 Å². The Kier molecular flexibility index (Phi) is 7.23. The van der Waals surface area contributed by atoms with E-state index in [0.29, 0.717) is 37.9 Å². The van der Waals surface area contributed by atoms with Gasteiger partial charge in [-0.2, -0.15) is 0 Å². The predicted molar refractivity (Wildman–Crippen MR) is 154 cm³/mol. The van der Waals surface area contributed by atoms with E-state index >= 15 is 0 Å². The molecule has 6 rings (SSSR count). The Labute approximate surface area is 236 Å². The molecule has 0 unspecified atom stereocenters. The second-order valence-electron chi connectivity index (χ2n) is 10.2. The van der Waals surface area contributed by atoms with Crippen LogP contribution in [0.1, 0.15) is 24.8 Å². The highest BCUT2D eigenvalue weighted by atomic mass is 35.5. The van der Waals surface area contributed by atoms with Gasteiger partial charge in [-0.15, -0.1) is 0 Å². The van der Waals surface area contributed by atoms with E-state index in [0.717, 1.165) is 49.0 Å². The van der Waals surface area contributed by atoms with Gasteiger partial charge in [0.2, 0.25) is 0 Å². The highest BCUT2D eigenvalue weighted by Crippen LogP contribution is 2.37. The fourth-order valence-corrected chi connectivity index (χ4v) is 6.60. The number of pyridine rings is 1. The molecule has 4 aromatic rings. The lowest BCUT2D eigenvalue weighted by molar-refractivity contribution is 0.0612. The van der Waals surface area contributed by atoms with Crippen LogP contribution in [0.2, 0.25) is 15.1 Å². The number of aromatic nitrogens is 1. The molecule has 2 fully saturated rings. The first-order chi connectivity index (χ1) is 18.4. The van der Waals surface area contributed by atoms with E-state index in [-0.39, 0.29) is 5.56 Å². The van der Waals surface area contributed by atoms with Crippen molar-refractivity contribution in [1.82, 2.24) is 14.4 Å². The molecule has 4 nitrogen and oxygen atoms in total. The first-order valence-electron chi connectivity index (χ1n) is 12.9. The fourth-order valence-electron chi connectivity index (χ4n) is 5.77. The third kappa shape index (κ3) is 4.87. The van der Waals surface area contributed by atoms with E-state index in [1.165, 1.54) is 37.7 Å². The Balaban J connectivity index is 1.49. The molecule has 0 amide bonds. The van der Waals surface area contributed by atoms with Crippen molar-refractivity contribution in [2.24, 2.45) is 0 Å². The van der Waals surface area contributed by atoms with Gasteiger partial charge < -0.3 is 4.90 Å². The smallest absolute Gasteiger partial charge is 0.255 e. The molecular formula is C30H27Cl3FN3O. The fraction of sp³-hybridized carbons (Fsp3) is 0.300. The Bertz CT molecular complexity index is 1560. The monoisotopic (exact) mass is 569 g/mol. The zero-order chi connectivity index (χ0) is 26.4. The summed E-state index contributed by atoms with van der Waals surface area (Å²) in [4.78, 5) is 18.3. The first kappa shape index (κ1) is 25.8. The van der Waals surface area contributed by atoms with Gasteiger partial charge >= 0.3 is 0 Å². The lowest BCUT2D eigenvalue weighted by atomic mass is 9.96. The number of nitrogens with zero attached hydrogens (tertiary/aromatic N) is 3. The standard InChI is InChI=1S/C30H27Cl3FN3O/c31-25-3-1-4-26(32)30(25)37-28-16-19(18-35-13-9-21(10-14-35)36-11-2-12-36)15-24(23(28)7-8-29(37)38)22-6-5-20(34)17-27(22)33/h1,3-8,15-17,21H,2,9-14,18H2. The number of piperidine rings is 1. The molecule has 0 spiro atoms. The average Bonchev–Trinajstić information content (AvgIpc) is 2.85. The van der Waals surface area contributed by atoms with Gasteiger partial charge in [0.05, 0.1) is 26.3 Å². The molecular weight excluding hydrogens is 544 g/mol. The normalized spacial score (nSPS) is 17.2. The largest absolute Gasteiger partial charge is 0.300 e. The third-order valence-electron chi connectivity index (χ3n) is 7.82. The van der Waals surface area contributed by atoms with E-state index in [4.69, 9.17) is 34.8 Å². The molecule has 0 radical (unpaired) electrons. The zero-order valence-corrected chi connectivity index (χ0v) is 23.0. The average molecular weight is 571 g/mol. The maximum absolute atomic E-state index is 13.9. The Morgan fingerprint density at radius 2 is 1.55 bits per heavy atom. The van der Waals surface area contributed by atoms with Crippen molar-refractivity contribution in [3.8, 4) is 16.8 Å². The molecule has 0 aliphatic carbocycles. The highest BCUT2D eigenvalue weighted by molar-refractivity contribution is 6.38. The van der Waals surface area contributed by atoms with Crippen LogP contribution in [0.4, 0.5) is 4.39 Å². The van der Waals surface area contributed by atoms with Gasteiger partial charge in [-0.25, -0.2) is 4.39 Å². The van der Waals surface area contributed by atoms with Gasteiger partial charge in [-0.05, 0) is 105 Å². The van der Waals surface area contributed by atoms with E-state index in [1.54, 1.807) is 34.9 Å². The number of likely N-dealkylation sites (tertiary alicyclic amines) is 2. The Morgan fingerprint density at radius 3 is 2.21 bits per heavy atom. The number of para-hydroxylation sites is 1. The third-order valence-corrected chi connectivity index (χ3v) is 8.75. The van der Waals surface area contributed by atoms with Crippen LogP contribution in [-0.4, -0.2) is 46.6 Å². The summed E-state index contributed by atoms with van der Waals surface area (Å²) in [6.07, 6.45) is 3.62. The molecule has 0 atom stereocenters. The molecule has 0 N–H and O–H groups in total. The molecule has 1 aromatic heterocycles. The van der Waals surface area contributed by atoms with Crippen molar-refractivity contribution < 1.29 is 4.39 Å². The van der Waals surface area contributed by atoms with Crippen LogP contribution in [0.5, 0.6) is 0 Å². The van der Waals surface area contributed by atoms with Crippen LogP contribution >= 0.6 is 34.8 Å². The summed E-state index contributed by atoms with van der Waals surface area (Å²) in [6, 6.07) is 17.7. The molecule has 2 saturated heterocycles. The molecule has 3 heterocycles. The van der Waals surface area contributed by atoms with E-state index in [1.807, 2.05) is 6.07 Å². The van der Waals surface area contributed by atoms with E-state index in [9.17, 15) is 9.18 Å². The number of halogens is 4. The van der Waals surface area contributed by atoms with Gasteiger partial charge in [0.15, 0.2) is 0 Å². The lowest BCUT2D eigenvalue weighted by Gasteiger charge is -2.43. The van der Waals surface area contributed by atoms with E-state index in [2.05, 4.69) is 15.9 Å². The molecule has 196 valence electrons. The Hall–Kier alpha value is -2.41. The number of hydrogen-bond donors (Lipinski definition) is 0. The number of benzene rings is 3. The maximum Gasteiger partial charge on any atom is 0.255 e. The summed E-state index contributed by atoms with van der Waals surface area (Å²) in [5.74, 6) is -0.399. The number of hydrogen-bond acceptors (Lipinski definition) is 3. The van der Waals surface area contributed by atoms with Gasteiger partial charge in [-0.3, -0.25) is 14.3 Å². The van der Waals surface area contributed by atoms with Crippen molar-refractivity contribution in [1.29, 1.82) is 0 Å². The van der Waals surface area contributed by atoms with Crippen molar-refractivity contribution in [3.63, 3.8) is 0 Å². The van der Waals surface area contributed by atoms with Crippen LogP contribution in [0.15, 0.2) is 65.5 Å². The lowest BCUT2D eigenvalue weighted by Crippen LogP contribution is -2.50. The quantitative estimate of drug-likeness (QED) is 0.250. The molecule has 38 heavy (non-hydrogen) atoms. The highest BCUT2D eigenvalue weighted by Gasteiger charge is 2.28. The Morgan fingerprint density at radius 1 is 0.816 bits per heavy atom. The zero-order valence-electron chi connectivity index (χ0n) is 20.8. The van der Waals surface area contributed by atoms with Gasteiger partial charge in [0.1, 0.15) is 5.82 Å². The minimum atomic E-state index is -0.399. The second-order valence-corrected chi connectivity index (χ2v) is 11.4. The number of rotatable bonds is 5. The minimum Gasteiger partial charge on any atom is -0.300 e. The SMILES string of the molecule is O=c1ccc2c(-c3ccc(F)cc3Cl)cc(CN3CCC(N4CCC4)CC3)cc2n1-c1c(Cl)cccc1Cl. The predicted octanol–water partition coefficient (Wildman–Crippen LogP) is 7.43. The molecule has 8 heteroatoms. The molecule has 2 aliphatic rings. The summed E-state index contributed by atoms with van der Waals surface area (Å²) in [7, 11) is 0. The summed E-state index contributed by atoms with van der Waals surface area (Å²) in [6.45, 7) is 5.21. The molecule has 0 bridgehead atoms. The summed E-state index contributed by atoms with van der Waals surface area (Å²) in [5.41, 5.74) is 3.45. The molecule has 3 aromatic carbocycles. The second kappa shape index (κ2) is 10.6. The van der Waals surface area contributed by atoms with Crippen LogP contribution in [0.3, 0.4) is 0 Å².